The van der Waals surface area contributed by atoms with Crippen LogP contribution in [0, 0.1) is 0 Å². The van der Waals surface area contributed by atoms with Gasteiger partial charge in [0.25, 0.3) is 0 Å². The van der Waals surface area contributed by atoms with Crippen molar-refractivity contribution in [3.8, 4) is 0 Å². The first kappa shape index (κ1) is 10.2. The van der Waals surface area contributed by atoms with E-state index in [4.69, 9.17) is 9.84 Å². The molecule has 0 aromatic rings. The third-order valence-corrected chi connectivity index (χ3v) is 1.94. The molecule has 1 N–H and O–H groups in total. The van der Waals surface area contributed by atoms with Gasteiger partial charge in [0.05, 0.1) is 6.61 Å². The molecule has 1 rings (SSSR count). The summed E-state index contributed by atoms with van der Waals surface area (Å²) in [4.78, 5) is 12.4. The first-order valence-corrected chi connectivity index (χ1v) is 4.48. The van der Waals surface area contributed by atoms with Crippen molar-refractivity contribution in [2.75, 3.05) is 32.8 Å². The Morgan fingerprint density at radius 1 is 1.46 bits per heavy atom. The fourth-order valence-corrected chi connectivity index (χ4v) is 1.28. The van der Waals surface area contributed by atoms with Crippen molar-refractivity contribution < 1.29 is 14.6 Å². The number of rotatable bonds is 3. The van der Waals surface area contributed by atoms with Gasteiger partial charge >= 0.3 is 5.97 Å². The zero-order chi connectivity index (χ0) is 9.52. The van der Waals surface area contributed by atoms with Gasteiger partial charge in [-0.3, -0.25) is 4.90 Å². The molecule has 0 unspecified atom stereocenters. The molecule has 1 fully saturated rings. The lowest BCUT2D eigenvalue weighted by molar-refractivity contribution is -0.131. The van der Waals surface area contributed by atoms with Crippen LogP contribution in [0.15, 0.2) is 12.2 Å². The van der Waals surface area contributed by atoms with E-state index in [2.05, 4.69) is 4.90 Å². The normalized spacial score (nSPS) is 20.3. The maximum absolute atomic E-state index is 10.2. The van der Waals surface area contributed by atoms with E-state index < -0.39 is 5.97 Å². The van der Waals surface area contributed by atoms with E-state index in [1.54, 1.807) is 6.08 Å². The highest BCUT2D eigenvalue weighted by atomic mass is 16.5. The van der Waals surface area contributed by atoms with E-state index in [1.165, 1.54) is 6.08 Å². The van der Waals surface area contributed by atoms with E-state index in [1.807, 2.05) is 0 Å². The van der Waals surface area contributed by atoms with E-state index in [0.717, 1.165) is 32.7 Å². The topological polar surface area (TPSA) is 49.8 Å². The number of hydrogen-bond acceptors (Lipinski definition) is 3. The van der Waals surface area contributed by atoms with Gasteiger partial charge < -0.3 is 9.84 Å². The molecule has 74 valence electrons. The Morgan fingerprint density at radius 3 is 3.08 bits per heavy atom. The van der Waals surface area contributed by atoms with Crippen LogP contribution in [0.5, 0.6) is 0 Å². The van der Waals surface area contributed by atoms with Crippen molar-refractivity contribution in [1.29, 1.82) is 0 Å². The lowest BCUT2D eigenvalue weighted by Gasteiger charge is -2.15. The molecule has 0 spiro atoms. The molecule has 0 saturated carbocycles. The van der Waals surface area contributed by atoms with Crippen LogP contribution >= 0.6 is 0 Å². The Hall–Kier alpha value is -0.870. The van der Waals surface area contributed by atoms with Crippen LogP contribution in [-0.2, 0) is 9.53 Å². The van der Waals surface area contributed by atoms with Crippen molar-refractivity contribution in [2.24, 2.45) is 0 Å². The second-order valence-electron chi connectivity index (χ2n) is 3.01. The summed E-state index contributed by atoms with van der Waals surface area (Å²) in [7, 11) is 0. The first-order chi connectivity index (χ1) is 6.29. The fraction of sp³-hybridized carbons (Fsp3) is 0.667. The van der Waals surface area contributed by atoms with Gasteiger partial charge in [-0.1, -0.05) is 6.08 Å². The third kappa shape index (κ3) is 4.65. The minimum atomic E-state index is -0.883. The molecule has 0 bridgehead atoms. The summed E-state index contributed by atoms with van der Waals surface area (Å²) in [6, 6.07) is 0. The highest BCUT2D eigenvalue weighted by molar-refractivity contribution is 5.79. The largest absolute Gasteiger partial charge is 0.478 e. The van der Waals surface area contributed by atoms with Crippen LogP contribution in [-0.4, -0.2) is 48.8 Å². The molecule has 1 aliphatic rings. The van der Waals surface area contributed by atoms with Gasteiger partial charge in [0.2, 0.25) is 0 Å². The molecule has 0 atom stereocenters. The summed E-state index contributed by atoms with van der Waals surface area (Å²) in [5.74, 6) is -0.883. The average molecular weight is 185 g/mol. The van der Waals surface area contributed by atoms with Gasteiger partial charge in [-0.15, -0.1) is 0 Å². The number of carbonyl (C=O) groups is 1. The Labute approximate surface area is 77.8 Å². The van der Waals surface area contributed by atoms with Crippen LogP contribution in [0.3, 0.4) is 0 Å². The zero-order valence-electron chi connectivity index (χ0n) is 7.61. The molecule has 0 radical (unpaired) electrons. The molecule has 1 saturated heterocycles. The molecule has 4 heteroatoms. The highest BCUT2D eigenvalue weighted by Crippen LogP contribution is 1.98. The van der Waals surface area contributed by atoms with Crippen molar-refractivity contribution in [3.05, 3.63) is 12.2 Å². The number of ether oxygens (including phenoxy) is 1. The number of nitrogens with zero attached hydrogens (tertiary/aromatic N) is 1. The van der Waals surface area contributed by atoms with Crippen LogP contribution in [0.1, 0.15) is 6.42 Å². The second kappa shape index (κ2) is 5.72. The molecule has 0 aromatic carbocycles. The molecule has 1 heterocycles. The number of aliphatic carboxylic acids is 1. The molecular weight excluding hydrogens is 170 g/mol. The second-order valence-corrected chi connectivity index (χ2v) is 3.01. The van der Waals surface area contributed by atoms with Crippen LogP contribution < -0.4 is 0 Å². The van der Waals surface area contributed by atoms with E-state index in [0.29, 0.717) is 6.54 Å². The minimum absolute atomic E-state index is 0.704. The fourth-order valence-electron chi connectivity index (χ4n) is 1.28. The van der Waals surface area contributed by atoms with Gasteiger partial charge in [-0.05, 0) is 6.42 Å². The molecule has 4 nitrogen and oxygen atoms in total. The summed E-state index contributed by atoms with van der Waals surface area (Å²) >= 11 is 0. The summed E-state index contributed by atoms with van der Waals surface area (Å²) in [5.41, 5.74) is 0. The Morgan fingerprint density at radius 2 is 2.31 bits per heavy atom. The predicted molar refractivity (Wildman–Crippen MR) is 48.7 cm³/mol. The molecule has 0 aromatic heterocycles. The molecule has 13 heavy (non-hydrogen) atoms. The quantitative estimate of drug-likeness (QED) is 0.644. The van der Waals surface area contributed by atoms with Crippen molar-refractivity contribution in [2.45, 2.75) is 6.42 Å². The average Bonchev–Trinajstić information content (AvgIpc) is 2.32. The molecular formula is C9H15NO3. The predicted octanol–water partition coefficient (Wildman–Crippen LogP) is 0.350. The maximum Gasteiger partial charge on any atom is 0.328 e. The van der Waals surface area contributed by atoms with Crippen molar-refractivity contribution >= 4 is 5.97 Å². The summed E-state index contributed by atoms with van der Waals surface area (Å²) in [6.45, 7) is 4.16. The van der Waals surface area contributed by atoms with Gasteiger partial charge in [-0.2, -0.15) is 0 Å². The van der Waals surface area contributed by atoms with E-state index in [-0.39, 0.29) is 0 Å². The monoisotopic (exact) mass is 185 g/mol. The maximum atomic E-state index is 10.2. The lowest BCUT2D eigenvalue weighted by atomic mass is 10.4. The van der Waals surface area contributed by atoms with Gasteiger partial charge in [0, 0.05) is 32.3 Å². The number of hydrogen-bond donors (Lipinski definition) is 1. The Kier molecular flexibility index (Phi) is 4.49. The summed E-state index contributed by atoms with van der Waals surface area (Å²) in [5, 5.41) is 8.37. The lowest BCUT2D eigenvalue weighted by Crippen LogP contribution is -2.26. The molecule has 1 aliphatic heterocycles. The van der Waals surface area contributed by atoms with E-state index in [9.17, 15) is 4.79 Å². The Bertz CT molecular complexity index is 183. The van der Waals surface area contributed by atoms with Crippen molar-refractivity contribution in [3.63, 3.8) is 0 Å². The first-order valence-electron chi connectivity index (χ1n) is 4.48. The summed E-state index contributed by atoms with van der Waals surface area (Å²) < 4.78 is 5.27. The zero-order valence-corrected chi connectivity index (χ0v) is 7.61. The molecule has 0 amide bonds. The summed E-state index contributed by atoms with van der Waals surface area (Å²) in [6.07, 6.45) is 3.89. The van der Waals surface area contributed by atoms with Crippen molar-refractivity contribution in [1.82, 2.24) is 4.90 Å². The Balaban J connectivity index is 2.22. The highest BCUT2D eigenvalue weighted by Gasteiger charge is 2.06. The molecule has 0 aliphatic carbocycles. The minimum Gasteiger partial charge on any atom is -0.478 e. The van der Waals surface area contributed by atoms with E-state index >= 15 is 0 Å². The number of carboxylic acids is 1. The van der Waals surface area contributed by atoms with Crippen LogP contribution in [0.4, 0.5) is 0 Å². The van der Waals surface area contributed by atoms with Gasteiger partial charge in [0.1, 0.15) is 0 Å². The SMILES string of the molecule is O=C(O)C=CCN1CCCOCC1. The van der Waals surface area contributed by atoms with Gasteiger partial charge in [-0.25, -0.2) is 4.79 Å². The van der Waals surface area contributed by atoms with Crippen LogP contribution in [0.2, 0.25) is 0 Å². The smallest absolute Gasteiger partial charge is 0.328 e. The van der Waals surface area contributed by atoms with Gasteiger partial charge in [0.15, 0.2) is 0 Å². The standard InChI is InChI=1S/C9H15NO3/c11-9(12)3-1-4-10-5-2-7-13-8-6-10/h1,3H,2,4-8H2,(H,11,12). The number of carboxylic acid groups (broad SMARTS) is 1. The van der Waals surface area contributed by atoms with Crippen LogP contribution in [0.25, 0.3) is 0 Å². The third-order valence-electron chi connectivity index (χ3n) is 1.94.